The molecule has 2 rings (SSSR count). The van der Waals surface area contributed by atoms with Crippen molar-refractivity contribution in [3.63, 3.8) is 0 Å². The maximum atomic E-state index is 6.35. The molecule has 0 spiro atoms. The van der Waals surface area contributed by atoms with Crippen LogP contribution < -0.4 is 14.8 Å². The van der Waals surface area contributed by atoms with Crippen molar-refractivity contribution in [3.05, 3.63) is 58.6 Å². The number of hydrogen-bond acceptors (Lipinski definition) is 4. The number of halogens is 1. The van der Waals surface area contributed by atoms with Gasteiger partial charge in [-0.05, 0) is 17.2 Å². The van der Waals surface area contributed by atoms with Crippen molar-refractivity contribution in [3.8, 4) is 11.5 Å². The van der Waals surface area contributed by atoms with Gasteiger partial charge >= 0.3 is 0 Å². The number of methoxy groups -OCH3 is 2. The van der Waals surface area contributed by atoms with Crippen LogP contribution in [-0.4, -0.2) is 27.4 Å². The first-order chi connectivity index (χ1) is 11.2. The van der Waals surface area contributed by atoms with E-state index in [9.17, 15) is 0 Å². The van der Waals surface area contributed by atoms with Gasteiger partial charge < -0.3 is 19.5 Å². The van der Waals surface area contributed by atoms with Gasteiger partial charge in [-0.15, -0.1) is 0 Å². The molecule has 0 heterocycles. The zero-order chi connectivity index (χ0) is 16.5. The Morgan fingerprint density at radius 2 is 1.83 bits per heavy atom. The van der Waals surface area contributed by atoms with Gasteiger partial charge in [0.05, 0.1) is 13.7 Å². The molecule has 0 amide bonds. The Morgan fingerprint density at radius 3 is 2.52 bits per heavy atom. The van der Waals surface area contributed by atoms with E-state index >= 15 is 0 Å². The second kappa shape index (κ2) is 9.40. The lowest BCUT2D eigenvalue weighted by Gasteiger charge is -2.14. The van der Waals surface area contributed by atoms with E-state index in [1.165, 1.54) is 0 Å². The average molecular weight is 336 g/mol. The Labute approximate surface area is 142 Å². The van der Waals surface area contributed by atoms with Gasteiger partial charge in [-0.2, -0.15) is 0 Å². The number of benzene rings is 2. The summed E-state index contributed by atoms with van der Waals surface area (Å²) in [5, 5.41) is 3.92. The van der Waals surface area contributed by atoms with Crippen molar-refractivity contribution >= 4 is 11.6 Å². The molecule has 124 valence electrons. The Hall–Kier alpha value is -1.75. The van der Waals surface area contributed by atoms with Gasteiger partial charge in [0.1, 0.15) is 6.61 Å². The zero-order valence-electron chi connectivity index (χ0n) is 13.5. The van der Waals surface area contributed by atoms with E-state index in [4.69, 9.17) is 25.8 Å². The summed E-state index contributed by atoms with van der Waals surface area (Å²) >= 11 is 6.35. The summed E-state index contributed by atoms with van der Waals surface area (Å²) in [5.74, 6) is 1.32. The van der Waals surface area contributed by atoms with Crippen LogP contribution in [0.5, 0.6) is 11.5 Å². The van der Waals surface area contributed by atoms with Gasteiger partial charge in [-0.3, -0.25) is 0 Å². The minimum absolute atomic E-state index is 0.471. The van der Waals surface area contributed by atoms with Crippen molar-refractivity contribution in [1.29, 1.82) is 0 Å². The zero-order valence-corrected chi connectivity index (χ0v) is 14.2. The molecule has 4 nitrogen and oxygen atoms in total. The van der Waals surface area contributed by atoms with Crippen LogP contribution >= 0.6 is 11.6 Å². The number of hydrogen-bond donors (Lipinski definition) is 1. The predicted octanol–water partition coefficient (Wildman–Crippen LogP) is 3.66. The van der Waals surface area contributed by atoms with E-state index in [0.717, 1.165) is 17.7 Å². The second-order valence-electron chi connectivity index (χ2n) is 5.04. The topological polar surface area (TPSA) is 39.7 Å². The fourth-order valence-electron chi connectivity index (χ4n) is 2.12. The van der Waals surface area contributed by atoms with Crippen molar-refractivity contribution in [2.45, 2.75) is 13.2 Å². The maximum absolute atomic E-state index is 6.35. The Bertz CT molecular complexity index is 605. The fraction of sp³-hybridized carbons (Fsp3) is 0.333. The molecule has 0 aromatic heterocycles. The molecule has 0 atom stereocenters. The highest BCUT2D eigenvalue weighted by Crippen LogP contribution is 2.33. The van der Waals surface area contributed by atoms with Crippen LogP contribution in [0.1, 0.15) is 11.1 Å². The quantitative estimate of drug-likeness (QED) is 0.710. The molecule has 0 aliphatic rings. The van der Waals surface area contributed by atoms with Crippen molar-refractivity contribution in [2.75, 3.05) is 27.4 Å². The average Bonchev–Trinajstić information content (AvgIpc) is 2.59. The van der Waals surface area contributed by atoms with Crippen LogP contribution in [0.2, 0.25) is 5.02 Å². The largest absolute Gasteiger partial charge is 0.493 e. The molecule has 0 saturated carbocycles. The van der Waals surface area contributed by atoms with E-state index in [1.807, 2.05) is 36.4 Å². The third-order valence-corrected chi connectivity index (χ3v) is 3.72. The standard InChI is InChI=1S/C18H22ClNO3/c1-21-9-8-20-12-15-10-17(22-2)18(11-16(15)19)23-13-14-6-4-3-5-7-14/h3-7,10-11,20H,8-9,12-13H2,1-2H3. The Kier molecular flexibility index (Phi) is 7.20. The third kappa shape index (κ3) is 5.43. The van der Waals surface area contributed by atoms with Crippen molar-refractivity contribution < 1.29 is 14.2 Å². The molecule has 0 aliphatic heterocycles. The summed E-state index contributed by atoms with van der Waals surface area (Å²) in [7, 11) is 3.30. The minimum atomic E-state index is 0.471. The molecule has 23 heavy (non-hydrogen) atoms. The van der Waals surface area contributed by atoms with E-state index in [2.05, 4.69) is 5.32 Å². The van der Waals surface area contributed by atoms with Crippen LogP contribution in [0.25, 0.3) is 0 Å². The van der Waals surface area contributed by atoms with Gasteiger partial charge in [0, 0.05) is 31.3 Å². The second-order valence-corrected chi connectivity index (χ2v) is 5.45. The molecule has 2 aromatic carbocycles. The van der Waals surface area contributed by atoms with Gasteiger partial charge in [-0.25, -0.2) is 0 Å². The fourth-order valence-corrected chi connectivity index (χ4v) is 2.34. The van der Waals surface area contributed by atoms with Crippen molar-refractivity contribution in [2.24, 2.45) is 0 Å². The molecule has 0 bridgehead atoms. The van der Waals surface area contributed by atoms with Crippen LogP contribution in [0.3, 0.4) is 0 Å². The predicted molar refractivity (Wildman–Crippen MR) is 92.4 cm³/mol. The van der Waals surface area contributed by atoms with Crippen LogP contribution in [-0.2, 0) is 17.9 Å². The van der Waals surface area contributed by atoms with E-state index in [-0.39, 0.29) is 0 Å². The summed E-state index contributed by atoms with van der Waals surface area (Å²) in [6.45, 7) is 2.55. The maximum Gasteiger partial charge on any atom is 0.163 e. The van der Waals surface area contributed by atoms with Crippen molar-refractivity contribution in [1.82, 2.24) is 5.32 Å². The Balaban J connectivity index is 2.03. The third-order valence-electron chi connectivity index (χ3n) is 3.37. The first-order valence-electron chi connectivity index (χ1n) is 7.47. The summed E-state index contributed by atoms with van der Waals surface area (Å²) in [6.07, 6.45) is 0. The van der Waals surface area contributed by atoms with Gasteiger partial charge in [0.2, 0.25) is 0 Å². The molecular formula is C18H22ClNO3. The lowest BCUT2D eigenvalue weighted by atomic mass is 10.2. The highest BCUT2D eigenvalue weighted by Gasteiger charge is 2.11. The van der Waals surface area contributed by atoms with E-state index in [0.29, 0.717) is 36.3 Å². The van der Waals surface area contributed by atoms with Gasteiger partial charge in [0.15, 0.2) is 11.5 Å². The number of ether oxygens (including phenoxy) is 3. The van der Waals surface area contributed by atoms with Gasteiger partial charge in [0.25, 0.3) is 0 Å². The number of rotatable bonds is 9. The first-order valence-corrected chi connectivity index (χ1v) is 7.85. The smallest absolute Gasteiger partial charge is 0.163 e. The summed E-state index contributed by atoms with van der Waals surface area (Å²) in [5.41, 5.74) is 2.06. The lowest BCUT2D eigenvalue weighted by Crippen LogP contribution is -2.18. The normalized spacial score (nSPS) is 10.6. The van der Waals surface area contributed by atoms with Crippen LogP contribution in [0, 0.1) is 0 Å². The molecule has 0 aliphatic carbocycles. The Morgan fingerprint density at radius 1 is 1.04 bits per heavy atom. The lowest BCUT2D eigenvalue weighted by molar-refractivity contribution is 0.199. The minimum Gasteiger partial charge on any atom is -0.493 e. The highest BCUT2D eigenvalue weighted by molar-refractivity contribution is 6.31. The monoisotopic (exact) mass is 335 g/mol. The first kappa shape index (κ1) is 17.6. The molecule has 0 radical (unpaired) electrons. The van der Waals surface area contributed by atoms with E-state index < -0.39 is 0 Å². The molecule has 0 fully saturated rings. The molecule has 1 N–H and O–H groups in total. The number of nitrogens with one attached hydrogen (secondary N) is 1. The molecule has 0 saturated heterocycles. The SMILES string of the molecule is COCCNCc1cc(OC)c(OCc2ccccc2)cc1Cl. The van der Waals surface area contributed by atoms with E-state index in [1.54, 1.807) is 20.3 Å². The molecule has 2 aromatic rings. The summed E-state index contributed by atoms with van der Waals surface area (Å²) in [6, 6.07) is 13.7. The van der Waals surface area contributed by atoms with Crippen LogP contribution in [0.4, 0.5) is 0 Å². The molecule has 0 unspecified atom stereocenters. The molecule has 5 heteroatoms. The molecular weight excluding hydrogens is 314 g/mol. The highest BCUT2D eigenvalue weighted by atomic mass is 35.5. The van der Waals surface area contributed by atoms with Gasteiger partial charge in [-0.1, -0.05) is 41.9 Å². The summed E-state index contributed by atoms with van der Waals surface area (Å²) in [4.78, 5) is 0. The summed E-state index contributed by atoms with van der Waals surface area (Å²) < 4.78 is 16.3. The van der Waals surface area contributed by atoms with Crippen LogP contribution in [0.15, 0.2) is 42.5 Å².